The fourth-order valence-electron chi connectivity index (χ4n) is 4.03. The summed E-state index contributed by atoms with van der Waals surface area (Å²) in [4.78, 5) is 5.21. The first kappa shape index (κ1) is 15.0. The lowest BCUT2D eigenvalue weighted by atomic mass is 9.79. The van der Waals surface area contributed by atoms with Gasteiger partial charge in [-0.3, -0.25) is 9.58 Å². The molecule has 0 saturated carbocycles. The zero-order valence-corrected chi connectivity index (χ0v) is 13.4. The Hall–Kier alpha value is -0.910. The first-order valence-corrected chi connectivity index (χ1v) is 8.10. The van der Waals surface area contributed by atoms with Crippen molar-refractivity contribution in [2.45, 2.75) is 25.8 Å². The van der Waals surface area contributed by atoms with Crippen LogP contribution in [-0.4, -0.2) is 66.0 Å². The lowest BCUT2D eigenvalue weighted by molar-refractivity contribution is 0.0673. The lowest BCUT2D eigenvalue weighted by Gasteiger charge is -2.40. The van der Waals surface area contributed by atoms with Crippen LogP contribution in [0.25, 0.3) is 0 Å². The minimum absolute atomic E-state index is 0.522. The molecule has 21 heavy (non-hydrogen) atoms. The number of nitrogens with zero attached hydrogens (tertiary/aromatic N) is 4. The molecule has 0 amide bonds. The van der Waals surface area contributed by atoms with Crippen molar-refractivity contribution in [2.75, 3.05) is 46.4 Å². The van der Waals surface area contributed by atoms with E-state index in [1.165, 1.54) is 51.0 Å². The minimum Gasteiger partial charge on any atom is -0.383 e. The molecular weight excluding hydrogens is 264 g/mol. The van der Waals surface area contributed by atoms with Gasteiger partial charge < -0.3 is 9.64 Å². The maximum Gasteiger partial charge on any atom is 0.0589 e. The van der Waals surface area contributed by atoms with Gasteiger partial charge in [-0.1, -0.05) is 0 Å². The highest BCUT2D eigenvalue weighted by Crippen LogP contribution is 2.39. The molecular formula is C16H28N4O. The molecule has 1 spiro atoms. The molecule has 1 unspecified atom stereocenters. The molecule has 0 aliphatic carbocycles. The average molecular weight is 292 g/mol. The number of piperidine rings is 1. The van der Waals surface area contributed by atoms with E-state index < -0.39 is 0 Å². The summed E-state index contributed by atoms with van der Waals surface area (Å²) in [5, 5.41) is 4.28. The molecule has 2 aliphatic heterocycles. The molecule has 5 nitrogen and oxygen atoms in total. The highest BCUT2D eigenvalue weighted by molar-refractivity contribution is 5.05. The topological polar surface area (TPSA) is 33.5 Å². The van der Waals surface area contributed by atoms with Gasteiger partial charge in [-0.2, -0.15) is 5.10 Å². The van der Waals surface area contributed by atoms with E-state index in [2.05, 4.69) is 21.1 Å². The summed E-state index contributed by atoms with van der Waals surface area (Å²) in [6, 6.07) is 0. The number of hydrogen-bond donors (Lipinski definition) is 0. The standard InChI is InChI=1S/C16H28N4O/c1-18-11-15(10-17-18)12-20-7-5-16(14-20)4-3-6-19(13-16)8-9-21-2/h10-11H,3-9,12-14H2,1-2H3. The lowest BCUT2D eigenvalue weighted by Crippen LogP contribution is -2.45. The van der Waals surface area contributed by atoms with Crippen LogP contribution in [0.2, 0.25) is 0 Å². The molecule has 0 aromatic carbocycles. The van der Waals surface area contributed by atoms with Crippen LogP contribution in [0, 0.1) is 5.41 Å². The van der Waals surface area contributed by atoms with Gasteiger partial charge in [-0.15, -0.1) is 0 Å². The van der Waals surface area contributed by atoms with Crippen LogP contribution in [0.15, 0.2) is 12.4 Å². The molecule has 3 heterocycles. The maximum absolute atomic E-state index is 5.24. The van der Waals surface area contributed by atoms with Crippen molar-refractivity contribution < 1.29 is 4.74 Å². The predicted octanol–water partition coefficient (Wildman–Crippen LogP) is 1.35. The van der Waals surface area contributed by atoms with Gasteiger partial charge in [-0.25, -0.2) is 0 Å². The quantitative estimate of drug-likeness (QED) is 0.820. The highest BCUT2D eigenvalue weighted by atomic mass is 16.5. The molecule has 1 aromatic heterocycles. The van der Waals surface area contributed by atoms with E-state index in [-0.39, 0.29) is 0 Å². The Balaban J connectivity index is 1.54. The van der Waals surface area contributed by atoms with E-state index in [0.29, 0.717) is 5.41 Å². The molecule has 3 rings (SSSR count). The van der Waals surface area contributed by atoms with Gasteiger partial charge >= 0.3 is 0 Å². The van der Waals surface area contributed by atoms with Crippen LogP contribution in [-0.2, 0) is 18.3 Å². The molecule has 0 radical (unpaired) electrons. The number of ether oxygens (including phenoxy) is 1. The third-order valence-electron chi connectivity index (χ3n) is 5.03. The van der Waals surface area contributed by atoms with Crippen LogP contribution >= 0.6 is 0 Å². The summed E-state index contributed by atoms with van der Waals surface area (Å²) in [6.07, 6.45) is 8.20. The van der Waals surface area contributed by atoms with E-state index in [9.17, 15) is 0 Å². The summed E-state index contributed by atoms with van der Waals surface area (Å²) in [5.74, 6) is 0. The zero-order chi connectivity index (χ0) is 14.7. The fourth-order valence-corrected chi connectivity index (χ4v) is 4.03. The van der Waals surface area contributed by atoms with E-state index in [1.807, 2.05) is 17.9 Å². The molecule has 2 saturated heterocycles. The SMILES string of the molecule is COCCN1CCCC2(CCN(Cc3cnn(C)c3)C2)C1. The number of methoxy groups -OCH3 is 1. The van der Waals surface area contributed by atoms with E-state index >= 15 is 0 Å². The predicted molar refractivity (Wildman–Crippen MR) is 83.1 cm³/mol. The number of rotatable bonds is 5. The molecule has 2 aliphatic rings. The average Bonchev–Trinajstić information content (AvgIpc) is 3.04. The third kappa shape index (κ3) is 3.65. The van der Waals surface area contributed by atoms with Gasteiger partial charge in [0.1, 0.15) is 0 Å². The Morgan fingerprint density at radius 3 is 2.86 bits per heavy atom. The van der Waals surface area contributed by atoms with Crippen LogP contribution in [0.5, 0.6) is 0 Å². The van der Waals surface area contributed by atoms with Gasteiger partial charge in [0.25, 0.3) is 0 Å². The smallest absolute Gasteiger partial charge is 0.0589 e. The summed E-state index contributed by atoms with van der Waals surface area (Å²) in [6.45, 7) is 7.95. The summed E-state index contributed by atoms with van der Waals surface area (Å²) < 4.78 is 7.13. The third-order valence-corrected chi connectivity index (χ3v) is 5.03. The number of aromatic nitrogens is 2. The van der Waals surface area contributed by atoms with Gasteiger partial charge in [0.2, 0.25) is 0 Å². The monoisotopic (exact) mass is 292 g/mol. The molecule has 0 bridgehead atoms. The zero-order valence-electron chi connectivity index (χ0n) is 13.4. The summed E-state index contributed by atoms with van der Waals surface area (Å²) in [7, 11) is 3.79. The summed E-state index contributed by atoms with van der Waals surface area (Å²) >= 11 is 0. The van der Waals surface area contributed by atoms with Crippen molar-refractivity contribution in [3.63, 3.8) is 0 Å². The number of hydrogen-bond acceptors (Lipinski definition) is 4. The Kier molecular flexibility index (Phi) is 4.62. The largest absolute Gasteiger partial charge is 0.383 e. The van der Waals surface area contributed by atoms with Crippen LogP contribution in [0.4, 0.5) is 0 Å². The molecule has 5 heteroatoms. The van der Waals surface area contributed by atoms with Crippen molar-refractivity contribution in [1.82, 2.24) is 19.6 Å². The molecule has 1 aromatic rings. The second-order valence-electron chi connectivity index (χ2n) is 6.86. The normalized spacial score (nSPS) is 27.7. The van der Waals surface area contributed by atoms with Gasteiger partial charge in [0, 0.05) is 52.1 Å². The van der Waals surface area contributed by atoms with Crippen molar-refractivity contribution in [3.05, 3.63) is 18.0 Å². The Morgan fingerprint density at radius 2 is 2.10 bits per heavy atom. The van der Waals surface area contributed by atoms with Crippen LogP contribution < -0.4 is 0 Å². The second-order valence-corrected chi connectivity index (χ2v) is 6.86. The number of likely N-dealkylation sites (tertiary alicyclic amines) is 2. The maximum atomic E-state index is 5.24. The highest BCUT2D eigenvalue weighted by Gasteiger charge is 2.40. The molecule has 118 valence electrons. The Labute approximate surface area is 127 Å². The van der Waals surface area contributed by atoms with Crippen LogP contribution in [0.1, 0.15) is 24.8 Å². The molecule has 2 fully saturated rings. The molecule has 1 atom stereocenters. The summed E-state index contributed by atoms with van der Waals surface area (Å²) in [5.41, 5.74) is 1.86. The van der Waals surface area contributed by atoms with E-state index in [0.717, 1.165) is 19.7 Å². The first-order chi connectivity index (χ1) is 10.2. The molecule has 0 N–H and O–H groups in total. The van der Waals surface area contributed by atoms with Gasteiger partial charge in [-0.05, 0) is 37.8 Å². The van der Waals surface area contributed by atoms with Crippen molar-refractivity contribution in [3.8, 4) is 0 Å². The number of aryl methyl sites for hydroxylation is 1. The Bertz CT molecular complexity index is 461. The van der Waals surface area contributed by atoms with Crippen molar-refractivity contribution >= 4 is 0 Å². The minimum atomic E-state index is 0.522. The fraction of sp³-hybridized carbons (Fsp3) is 0.812. The van der Waals surface area contributed by atoms with Gasteiger partial charge in [0.15, 0.2) is 0 Å². The Morgan fingerprint density at radius 1 is 1.24 bits per heavy atom. The van der Waals surface area contributed by atoms with Crippen molar-refractivity contribution in [2.24, 2.45) is 12.5 Å². The van der Waals surface area contributed by atoms with E-state index in [4.69, 9.17) is 4.74 Å². The van der Waals surface area contributed by atoms with Crippen LogP contribution in [0.3, 0.4) is 0 Å². The van der Waals surface area contributed by atoms with Gasteiger partial charge in [0.05, 0.1) is 12.8 Å². The second kappa shape index (κ2) is 6.46. The first-order valence-electron chi connectivity index (χ1n) is 8.10. The van der Waals surface area contributed by atoms with E-state index in [1.54, 1.807) is 7.11 Å². The van der Waals surface area contributed by atoms with Crippen molar-refractivity contribution in [1.29, 1.82) is 0 Å².